The standard InChI is InChI=1S/C8H11NO3.C8H11NO2.C5H9NO4.C4H9NO2/c9-4-8(12)5-1-2-6(10)7(11)3-5;9-4-3-6-1-2-7(10)8(11)5-6;6-3(5(9)10)1-2-4(7)8;5-3-1-2-4(6)7/h1-3,8,10-12H,4,9H2;1-2,5,10-11H,3-4,9H2;3H,1-2,6H2,(H,7,8)(H,9,10);1-3,5H2,(H,6,7)/t8-;;;/m0.../s1. The van der Waals surface area contributed by atoms with Gasteiger partial charge in [-0.2, -0.15) is 0 Å². The van der Waals surface area contributed by atoms with Crippen LogP contribution in [0.5, 0.6) is 23.0 Å². The number of phenolic OH excluding ortho intramolecular Hbond substituents is 4. The number of hydrogen-bond donors (Lipinski definition) is 12. The number of aliphatic hydroxyl groups is 1. The largest absolute Gasteiger partial charge is 0.504 e. The van der Waals surface area contributed by atoms with Crippen molar-refractivity contribution in [3.63, 3.8) is 0 Å². The summed E-state index contributed by atoms with van der Waals surface area (Å²) in [6, 6.07) is 7.75. The van der Waals surface area contributed by atoms with Crippen LogP contribution in [0.3, 0.4) is 0 Å². The summed E-state index contributed by atoms with van der Waals surface area (Å²) < 4.78 is 0. The first-order chi connectivity index (χ1) is 18.7. The molecule has 2 rings (SSSR count). The lowest BCUT2D eigenvalue weighted by molar-refractivity contribution is -0.140. The van der Waals surface area contributed by atoms with Gasteiger partial charge in [-0.3, -0.25) is 14.4 Å². The maximum absolute atomic E-state index is 9.99. The zero-order valence-electron chi connectivity index (χ0n) is 21.9. The Bertz CT molecular complexity index is 1040. The lowest BCUT2D eigenvalue weighted by Gasteiger charge is -2.08. The number of rotatable bonds is 11. The Morgan fingerprint density at radius 2 is 1.25 bits per heavy atom. The molecule has 15 nitrogen and oxygen atoms in total. The van der Waals surface area contributed by atoms with Gasteiger partial charge in [0.05, 0.1) is 6.10 Å². The maximum Gasteiger partial charge on any atom is 0.320 e. The van der Waals surface area contributed by atoms with Crippen LogP contribution in [0, 0.1) is 0 Å². The van der Waals surface area contributed by atoms with Crippen LogP contribution in [0.25, 0.3) is 0 Å². The van der Waals surface area contributed by atoms with Crippen molar-refractivity contribution in [2.24, 2.45) is 22.9 Å². The summed E-state index contributed by atoms with van der Waals surface area (Å²) in [5.41, 5.74) is 21.9. The first-order valence-corrected chi connectivity index (χ1v) is 11.9. The van der Waals surface area contributed by atoms with Crippen molar-refractivity contribution in [2.45, 2.75) is 44.2 Å². The Kier molecular flexibility index (Phi) is 20.7. The van der Waals surface area contributed by atoms with E-state index in [1.54, 1.807) is 6.07 Å². The minimum absolute atomic E-state index is 0.0231. The van der Waals surface area contributed by atoms with Crippen molar-refractivity contribution in [3.05, 3.63) is 47.5 Å². The zero-order chi connectivity index (χ0) is 31.3. The second-order valence-corrected chi connectivity index (χ2v) is 8.02. The molecule has 0 saturated carbocycles. The molecule has 0 aromatic heterocycles. The van der Waals surface area contributed by atoms with Gasteiger partial charge in [0.2, 0.25) is 0 Å². The lowest BCUT2D eigenvalue weighted by Crippen LogP contribution is -2.30. The van der Waals surface area contributed by atoms with Gasteiger partial charge >= 0.3 is 17.9 Å². The smallest absolute Gasteiger partial charge is 0.320 e. The fourth-order valence-electron chi connectivity index (χ4n) is 2.43. The molecule has 40 heavy (non-hydrogen) atoms. The molecule has 2 atom stereocenters. The van der Waals surface area contributed by atoms with Gasteiger partial charge in [0.15, 0.2) is 23.0 Å². The number of carbonyl (C=O) groups is 3. The number of carboxylic acids is 3. The number of aliphatic carboxylic acids is 3. The Labute approximate surface area is 230 Å². The van der Waals surface area contributed by atoms with Crippen LogP contribution >= 0.6 is 0 Å². The highest BCUT2D eigenvalue weighted by atomic mass is 16.4. The summed E-state index contributed by atoms with van der Waals surface area (Å²) in [6.07, 6.45) is 0.467. The van der Waals surface area contributed by atoms with Crippen molar-refractivity contribution in [1.82, 2.24) is 0 Å². The molecule has 15 heteroatoms. The Morgan fingerprint density at radius 1 is 0.725 bits per heavy atom. The minimum Gasteiger partial charge on any atom is -0.504 e. The van der Waals surface area contributed by atoms with E-state index in [0.717, 1.165) is 5.56 Å². The van der Waals surface area contributed by atoms with Crippen LogP contribution < -0.4 is 22.9 Å². The fourth-order valence-corrected chi connectivity index (χ4v) is 2.43. The average molecular weight is 573 g/mol. The van der Waals surface area contributed by atoms with Crippen molar-refractivity contribution in [1.29, 1.82) is 0 Å². The van der Waals surface area contributed by atoms with Crippen LogP contribution in [0.1, 0.15) is 42.9 Å². The molecule has 226 valence electrons. The molecule has 0 aliphatic carbocycles. The number of carboxylic acid groups (broad SMARTS) is 3. The normalized spacial score (nSPS) is 11.2. The third-order valence-corrected chi connectivity index (χ3v) is 4.66. The summed E-state index contributed by atoms with van der Waals surface area (Å²) in [5.74, 6) is -3.60. The van der Waals surface area contributed by atoms with E-state index in [0.29, 0.717) is 31.5 Å². The number of aromatic hydroxyl groups is 4. The van der Waals surface area contributed by atoms with Crippen LogP contribution in [-0.4, -0.2) is 84.4 Å². The van der Waals surface area contributed by atoms with E-state index < -0.39 is 30.1 Å². The highest BCUT2D eigenvalue weighted by molar-refractivity contribution is 5.74. The summed E-state index contributed by atoms with van der Waals surface area (Å²) in [5, 5.41) is 69.4. The number of nitrogens with two attached hydrogens (primary N) is 4. The van der Waals surface area contributed by atoms with Gasteiger partial charge in [-0.05, 0) is 67.7 Å². The van der Waals surface area contributed by atoms with E-state index in [-0.39, 0.29) is 48.8 Å². The minimum atomic E-state index is -1.17. The van der Waals surface area contributed by atoms with Crippen molar-refractivity contribution >= 4 is 17.9 Å². The van der Waals surface area contributed by atoms with Gasteiger partial charge in [-0.1, -0.05) is 12.1 Å². The molecule has 0 spiro atoms. The van der Waals surface area contributed by atoms with Crippen molar-refractivity contribution in [2.75, 3.05) is 19.6 Å². The molecule has 0 heterocycles. The van der Waals surface area contributed by atoms with Crippen LogP contribution in [0.4, 0.5) is 0 Å². The zero-order valence-corrected chi connectivity index (χ0v) is 21.9. The summed E-state index contributed by atoms with van der Waals surface area (Å²) in [4.78, 5) is 29.6. The SMILES string of the molecule is NC(CCC(=O)O)C(=O)O.NCCCC(=O)O.NCCc1ccc(O)c(O)c1.NC[C@H](O)c1ccc(O)c(O)c1. The second kappa shape index (κ2) is 21.7. The first-order valence-electron chi connectivity index (χ1n) is 11.9. The topological polar surface area (TPSA) is 317 Å². The van der Waals surface area contributed by atoms with Gasteiger partial charge < -0.3 is 63.8 Å². The monoisotopic (exact) mass is 572 g/mol. The molecule has 0 radical (unpaired) electrons. The number of aliphatic hydroxyl groups excluding tert-OH is 1. The number of benzene rings is 2. The molecule has 0 aliphatic heterocycles. The average Bonchev–Trinajstić information content (AvgIpc) is 2.90. The van der Waals surface area contributed by atoms with Crippen LogP contribution in [0.15, 0.2) is 36.4 Å². The number of hydrogen-bond acceptors (Lipinski definition) is 12. The van der Waals surface area contributed by atoms with E-state index in [4.69, 9.17) is 58.7 Å². The van der Waals surface area contributed by atoms with E-state index in [2.05, 4.69) is 0 Å². The van der Waals surface area contributed by atoms with E-state index in [1.165, 1.54) is 30.3 Å². The third kappa shape index (κ3) is 19.0. The molecule has 1 unspecified atom stereocenters. The summed E-state index contributed by atoms with van der Waals surface area (Å²) in [7, 11) is 0. The molecule has 2 aromatic rings. The fraction of sp³-hybridized carbons (Fsp3) is 0.400. The van der Waals surface area contributed by atoms with Gasteiger partial charge in [0.1, 0.15) is 6.04 Å². The quantitative estimate of drug-likeness (QED) is 0.155. The molecule has 0 bridgehead atoms. The molecule has 0 fully saturated rings. The third-order valence-electron chi connectivity index (χ3n) is 4.66. The predicted molar refractivity (Wildman–Crippen MR) is 145 cm³/mol. The van der Waals surface area contributed by atoms with Gasteiger partial charge in [-0.25, -0.2) is 0 Å². The van der Waals surface area contributed by atoms with E-state index in [9.17, 15) is 19.5 Å². The molecule has 0 saturated heterocycles. The maximum atomic E-state index is 9.99. The Hall–Kier alpha value is -4.15. The van der Waals surface area contributed by atoms with E-state index in [1.807, 2.05) is 0 Å². The van der Waals surface area contributed by atoms with Gasteiger partial charge in [-0.15, -0.1) is 0 Å². The highest BCUT2D eigenvalue weighted by Gasteiger charge is 2.12. The highest BCUT2D eigenvalue weighted by Crippen LogP contribution is 2.27. The van der Waals surface area contributed by atoms with Crippen LogP contribution in [-0.2, 0) is 20.8 Å². The summed E-state index contributed by atoms with van der Waals surface area (Å²) in [6.45, 7) is 1.10. The number of phenols is 4. The molecule has 16 N–H and O–H groups in total. The molecule has 0 aliphatic rings. The van der Waals surface area contributed by atoms with Crippen molar-refractivity contribution in [3.8, 4) is 23.0 Å². The Balaban J connectivity index is 0. The second-order valence-electron chi connectivity index (χ2n) is 8.02. The molecular weight excluding hydrogens is 532 g/mol. The van der Waals surface area contributed by atoms with Gasteiger partial charge in [0, 0.05) is 19.4 Å². The first kappa shape index (κ1) is 38.0. The molecular formula is C25H40N4O11. The summed E-state index contributed by atoms with van der Waals surface area (Å²) >= 11 is 0. The van der Waals surface area contributed by atoms with Crippen LogP contribution in [0.2, 0.25) is 0 Å². The Morgan fingerprint density at radius 3 is 1.62 bits per heavy atom. The van der Waals surface area contributed by atoms with E-state index >= 15 is 0 Å². The lowest BCUT2D eigenvalue weighted by atomic mass is 10.1. The van der Waals surface area contributed by atoms with Gasteiger partial charge in [0.25, 0.3) is 0 Å². The molecule has 2 aromatic carbocycles. The molecule has 0 amide bonds. The predicted octanol–water partition coefficient (Wildman–Crippen LogP) is -0.238. The van der Waals surface area contributed by atoms with Crippen molar-refractivity contribution < 1.29 is 55.2 Å².